The first kappa shape index (κ1) is 18.6. The van der Waals surface area contributed by atoms with E-state index in [0.717, 1.165) is 12.0 Å². The van der Waals surface area contributed by atoms with Crippen molar-refractivity contribution in [2.45, 2.75) is 19.4 Å². The van der Waals surface area contributed by atoms with Crippen LogP contribution in [-0.4, -0.2) is 12.7 Å². The summed E-state index contributed by atoms with van der Waals surface area (Å²) in [6.07, 6.45) is 4.00. The molecule has 1 nitrogen and oxygen atoms in total. The summed E-state index contributed by atoms with van der Waals surface area (Å²) < 4.78 is 5.29. The number of rotatable bonds is 6. The van der Waals surface area contributed by atoms with Crippen LogP contribution in [0.25, 0.3) is 0 Å². The largest absolute Gasteiger partial charge is 2.00 e. The molecule has 0 aliphatic rings. The monoisotopic (exact) mass is 230 g/mol. The van der Waals surface area contributed by atoms with Crippen LogP contribution in [0.3, 0.4) is 0 Å². The summed E-state index contributed by atoms with van der Waals surface area (Å²) in [5, 5.41) is 0. The predicted molar refractivity (Wildman–Crippen MR) is 54.7 cm³/mol. The molecule has 0 saturated heterocycles. The zero-order chi connectivity index (χ0) is 8.69. The third-order valence-corrected chi connectivity index (χ3v) is 1.19. The zero-order valence-electron chi connectivity index (χ0n) is 8.75. The van der Waals surface area contributed by atoms with Gasteiger partial charge in [-0.2, -0.15) is 0 Å². The molecule has 0 aromatic carbocycles. The average molecular weight is 232 g/mol. The van der Waals surface area contributed by atoms with Crippen molar-refractivity contribution in [1.82, 2.24) is 0 Å². The van der Waals surface area contributed by atoms with E-state index in [9.17, 15) is 0 Å². The first-order valence-electron chi connectivity index (χ1n) is 3.62. The van der Waals surface area contributed by atoms with Gasteiger partial charge >= 0.3 is 19.5 Å². The maximum Gasteiger partial charge on any atom is 2.00 e. The van der Waals surface area contributed by atoms with Crippen LogP contribution in [0, 0.1) is 14.0 Å². The van der Waals surface area contributed by atoms with Crippen molar-refractivity contribution in [3.05, 3.63) is 44.9 Å². The number of hydrogen-bond donors (Lipinski definition) is 0. The summed E-state index contributed by atoms with van der Waals surface area (Å²) in [4.78, 5) is 0. The summed E-state index contributed by atoms with van der Waals surface area (Å²) in [5.41, 5.74) is 1.07. The molecule has 0 aliphatic heterocycles. The van der Waals surface area contributed by atoms with Crippen LogP contribution in [0.4, 0.5) is 0 Å². The second kappa shape index (κ2) is 11.8. The van der Waals surface area contributed by atoms with Gasteiger partial charge in [0.25, 0.3) is 0 Å². The van der Waals surface area contributed by atoms with Gasteiger partial charge in [-0.3, -0.25) is 0 Å². The Morgan fingerprint density at radius 3 is 2.46 bits per heavy atom. The summed E-state index contributed by atoms with van der Waals surface area (Å²) in [6, 6.07) is 0. The normalized spacial score (nSPS) is 10.2. The molecule has 0 radical (unpaired) electrons. The van der Waals surface area contributed by atoms with Gasteiger partial charge in [-0.25, -0.2) is 6.08 Å². The standard InChI is InChI=1S/C10H15O.CH3.Zn/c1-5-7-11-10(6-2)8-9(3)4;;/h2,5-6,10H,1,3,7-8H2,4H3;1H3;/q2*-1;+2/t10-;;/m1../s1. The van der Waals surface area contributed by atoms with E-state index in [-0.39, 0.29) is 33.0 Å². The molecule has 0 heterocycles. The van der Waals surface area contributed by atoms with E-state index < -0.39 is 0 Å². The molecule has 1 atom stereocenters. The van der Waals surface area contributed by atoms with E-state index in [0.29, 0.717) is 6.61 Å². The van der Waals surface area contributed by atoms with Gasteiger partial charge in [0.1, 0.15) is 0 Å². The van der Waals surface area contributed by atoms with Crippen molar-refractivity contribution in [1.29, 1.82) is 0 Å². The van der Waals surface area contributed by atoms with Gasteiger partial charge in [-0.05, 0) is 13.3 Å². The average Bonchev–Trinajstić information content (AvgIpc) is 1.97. The number of ether oxygens (including phenoxy) is 1. The van der Waals surface area contributed by atoms with Gasteiger partial charge in [-0.1, -0.05) is 11.6 Å². The second-order valence-electron chi connectivity index (χ2n) is 2.51. The minimum Gasteiger partial charge on any atom is -0.515 e. The van der Waals surface area contributed by atoms with Crippen LogP contribution >= 0.6 is 0 Å². The van der Waals surface area contributed by atoms with E-state index in [1.165, 1.54) is 6.08 Å². The van der Waals surface area contributed by atoms with Gasteiger partial charge in [-0.15, -0.1) is 13.2 Å². The van der Waals surface area contributed by atoms with Crippen molar-refractivity contribution in [2.24, 2.45) is 0 Å². The Morgan fingerprint density at radius 1 is 1.62 bits per heavy atom. The van der Waals surface area contributed by atoms with Crippen LogP contribution < -0.4 is 0 Å². The Hall–Kier alpha value is -0.197. The third-order valence-electron chi connectivity index (χ3n) is 1.19. The Bertz CT molecular complexity index is 152. The van der Waals surface area contributed by atoms with Crippen LogP contribution in [0.5, 0.6) is 0 Å². The van der Waals surface area contributed by atoms with Crippen LogP contribution in [-0.2, 0) is 24.2 Å². The van der Waals surface area contributed by atoms with Gasteiger partial charge in [0.2, 0.25) is 0 Å². The topological polar surface area (TPSA) is 9.23 Å². The molecule has 70 valence electrons. The Labute approximate surface area is 95.3 Å². The fraction of sp³-hybridized carbons (Fsp3) is 0.364. The molecule has 0 aromatic rings. The van der Waals surface area contributed by atoms with Gasteiger partial charge in [0.15, 0.2) is 0 Å². The Morgan fingerprint density at radius 2 is 2.15 bits per heavy atom. The summed E-state index contributed by atoms with van der Waals surface area (Å²) >= 11 is 0. The maximum atomic E-state index is 5.34. The molecule has 2 heteroatoms. The predicted octanol–water partition coefficient (Wildman–Crippen LogP) is 2.96. The first-order valence-corrected chi connectivity index (χ1v) is 3.62. The molecule has 0 rings (SSSR count). The maximum absolute atomic E-state index is 5.34. The molecule has 0 amide bonds. The fourth-order valence-corrected chi connectivity index (χ4v) is 0.718. The quantitative estimate of drug-likeness (QED) is 0.388. The SMILES string of the molecule is [CH-]=C[C@H](CC(=C)C)OCC=C.[CH3-].[Zn+2]. The summed E-state index contributed by atoms with van der Waals surface area (Å²) in [6.45, 7) is 15.1. The molecular weight excluding hydrogens is 214 g/mol. The van der Waals surface area contributed by atoms with Crippen LogP contribution in [0.2, 0.25) is 0 Å². The smallest absolute Gasteiger partial charge is 0.515 e. The van der Waals surface area contributed by atoms with E-state index >= 15 is 0 Å². The van der Waals surface area contributed by atoms with E-state index in [1.54, 1.807) is 6.08 Å². The molecule has 0 spiro atoms. The molecule has 0 bridgehead atoms. The molecule has 0 fully saturated rings. The van der Waals surface area contributed by atoms with Crippen molar-refractivity contribution in [3.8, 4) is 0 Å². The molecule has 0 unspecified atom stereocenters. The van der Waals surface area contributed by atoms with Crippen molar-refractivity contribution in [3.63, 3.8) is 0 Å². The van der Waals surface area contributed by atoms with Gasteiger partial charge in [0.05, 0.1) is 6.61 Å². The van der Waals surface area contributed by atoms with Crippen LogP contribution in [0.15, 0.2) is 30.9 Å². The molecular formula is C11H18OZn. The second-order valence-corrected chi connectivity index (χ2v) is 2.51. The fourth-order valence-electron chi connectivity index (χ4n) is 0.718. The zero-order valence-corrected chi connectivity index (χ0v) is 11.7. The summed E-state index contributed by atoms with van der Waals surface area (Å²) in [7, 11) is 0. The molecule has 0 saturated carbocycles. The van der Waals surface area contributed by atoms with E-state index in [2.05, 4.69) is 13.2 Å². The Balaban J connectivity index is -0.000000500. The van der Waals surface area contributed by atoms with Crippen molar-refractivity contribution < 1.29 is 24.2 Å². The van der Waals surface area contributed by atoms with Gasteiger partial charge < -0.3 is 18.7 Å². The van der Waals surface area contributed by atoms with Gasteiger partial charge in [0, 0.05) is 6.10 Å². The van der Waals surface area contributed by atoms with Crippen molar-refractivity contribution in [2.75, 3.05) is 6.61 Å². The molecule has 0 N–H and O–H groups in total. The first-order chi connectivity index (χ1) is 5.20. The minimum atomic E-state index is -0.0227. The van der Waals surface area contributed by atoms with Crippen LogP contribution in [0.1, 0.15) is 13.3 Å². The van der Waals surface area contributed by atoms with E-state index in [1.807, 2.05) is 6.92 Å². The summed E-state index contributed by atoms with van der Waals surface area (Å²) in [5.74, 6) is 0. The molecule has 0 aliphatic carbocycles. The third kappa shape index (κ3) is 11.8. The molecule has 0 aromatic heterocycles. The molecule has 13 heavy (non-hydrogen) atoms. The number of hydrogen-bond acceptors (Lipinski definition) is 1. The minimum absolute atomic E-state index is 0. The van der Waals surface area contributed by atoms with E-state index in [4.69, 9.17) is 11.3 Å². The van der Waals surface area contributed by atoms with Crippen molar-refractivity contribution >= 4 is 0 Å². The Kier molecular flexibility index (Phi) is 16.9.